The number of rotatable bonds is 5. The van der Waals surface area contributed by atoms with Gasteiger partial charge in [0.1, 0.15) is 5.75 Å². The zero-order valence-corrected chi connectivity index (χ0v) is 9.13. The molecule has 0 fully saturated rings. The Morgan fingerprint density at radius 1 is 1.25 bits per heavy atom. The van der Waals surface area contributed by atoms with Crippen LogP contribution >= 0.6 is 0 Å². The molecule has 0 amide bonds. The quantitative estimate of drug-likeness (QED) is 0.753. The molecule has 0 aliphatic heterocycles. The molecule has 5 heteroatoms. The Balaban J connectivity index is 1.96. The van der Waals surface area contributed by atoms with Gasteiger partial charge in [-0.05, 0) is 24.1 Å². The van der Waals surface area contributed by atoms with Crippen LogP contribution in [-0.4, -0.2) is 22.1 Å². The fourth-order valence-electron chi connectivity index (χ4n) is 1.34. The average molecular weight is 217 g/mol. The molecule has 0 spiro atoms. The second-order valence-corrected chi connectivity index (χ2v) is 3.46. The van der Waals surface area contributed by atoms with Crippen LogP contribution in [0.1, 0.15) is 24.7 Å². The van der Waals surface area contributed by atoms with E-state index in [2.05, 4.69) is 27.5 Å². The number of ether oxygens (including phenoxy) is 1. The lowest BCUT2D eigenvalue weighted by molar-refractivity contribution is 0.317. The summed E-state index contributed by atoms with van der Waals surface area (Å²) in [4.78, 5) is 0. The Morgan fingerprint density at radius 3 is 2.69 bits per heavy atom. The molecule has 0 unspecified atom stereocenters. The van der Waals surface area contributed by atoms with Crippen LogP contribution < -0.4 is 9.84 Å². The summed E-state index contributed by atoms with van der Waals surface area (Å²) in [5.41, 5.74) is 1.12. The number of hydrogen-bond donors (Lipinski definition) is 0. The van der Waals surface area contributed by atoms with E-state index >= 15 is 0 Å². The molecular formula is C11H13N4O-. The first kappa shape index (κ1) is 10.6. The van der Waals surface area contributed by atoms with Crippen LogP contribution in [0.25, 0.3) is 0 Å². The largest absolute Gasteiger partial charge is 0.494 e. The summed E-state index contributed by atoms with van der Waals surface area (Å²) >= 11 is 0. The summed E-state index contributed by atoms with van der Waals surface area (Å²) < 4.78 is 5.49. The van der Waals surface area contributed by atoms with Crippen molar-refractivity contribution in [2.24, 2.45) is 0 Å². The first-order valence-electron chi connectivity index (χ1n) is 5.28. The van der Waals surface area contributed by atoms with Gasteiger partial charge in [0.15, 0.2) is 0 Å². The first-order valence-corrected chi connectivity index (χ1v) is 5.28. The van der Waals surface area contributed by atoms with Gasteiger partial charge in [0.25, 0.3) is 0 Å². The van der Waals surface area contributed by atoms with Crippen molar-refractivity contribution in [1.29, 1.82) is 0 Å². The molecule has 0 saturated carbocycles. The van der Waals surface area contributed by atoms with E-state index in [1.54, 1.807) is 0 Å². The number of aromatic nitrogens is 4. The van der Waals surface area contributed by atoms with Crippen LogP contribution in [0.3, 0.4) is 0 Å². The maximum absolute atomic E-state index is 5.49. The van der Waals surface area contributed by atoms with E-state index in [0.717, 1.165) is 24.3 Å². The van der Waals surface area contributed by atoms with Crippen molar-refractivity contribution in [2.45, 2.75) is 19.8 Å². The summed E-state index contributed by atoms with van der Waals surface area (Å²) in [6, 6.07) is 7.91. The van der Waals surface area contributed by atoms with Crippen molar-refractivity contribution >= 4 is 0 Å². The topological polar surface area (TPSA) is 62.0 Å². The van der Waals surface area contributed by atoms with Crippen LogP contribution in [0.2, 0.25) is 0 Å². The number of tetrazole rings is 1. The molecule has 0 bridgehead atoms. The smallest absolute Gasteiger partial charge is 0.119 e. The van der Waals surface area contributed by atoms with E-state index in [0.29, 0.717) is 12.2 Å². The highest BCUT2D eigenvalue weighted by atomic mass is 16.5. The Labute approximate surface area is 93.8 Å². The molecule has 5 nitrogen and oxygen atoms in total. The van der Waals surface area contributed by atoms with Crippen molar-refractivity contribution < 1.29 is 4.74 Å². The van der Waals surface area contributed by atoms with E-state index in [9.17, 15) is 0 Å². The molecule has 2 aromatic rings. The van der Waals surface area contributed by atoms with E-state index in [1.807, 2.05) is 24.3 Å². The summed E-state index contributed by atoms with van der Waals surface area (Å²) in [6.07, 6.45) is 1.67. The third-order valence-electron chi connectivity index (χ3n) is 2.12. The third kappa shape index (κ3) is 2.79. The summed E-state index contributed by atoms with van der Waals surface area (Å²) in [5.74, 6) is 1.53. The average Bonchev–Trinajstić information content (AvgIpc) is 2.81. The maximum Gasteiger partial charge on any atom is 0.119 e. The summed E-state index contributed by atoms with van der Waals surface area (Å²) in [7, 11) is 0. The monoisotopic (exact) mass is 217 g/mol. The molecule has 0 saturated heterocycles. The lowest BCUT2D eigenvalue weighted by Crippen LogP contribution is -1.96. The zero-order chi connectivity index (χ0) is 11.2. The van der Waals surface area contributed by atoms with Gasteiger partial charge in [0.2, 0.25) is 0 Å². The first-order chi connectivity index (χ1) is 7.88. The summed E-state index contributed by atoms with van der Waals surface area (Å²) in [6.45, 7) is 2.83. The molecular weight excluding hydrogens is 204 g/mol. The van der Waals surface area contributed by atoms with Crippen molar-refractivity contribution in [3.8, 4) is 5.75 Å². The van der Waals surface area contributed by atoms with Gasteiger partial charge in [-0.25, -0.2) is 0 Å². The lowest BCUT2D eigenvalue weighted by Gasteiger charge is -2.05. The van der Waals surface area contributed by atoms with E-state index < -0.39 is 0 Å². The molecule has 1 aromatic heterocycles. The van der Waals surface area contributed by atoms with E-state index in [-0.39, 0.29) is 0 Å². The molecule has 84 valence electrons. The lowest BCUT2D eigenvalue weighted by atomic mass is 10.1. The number of nitrogens with zero attached hydrogens (tertiary/aromatic N) is 4. The molecule has 0 aliphatic carbocycles. The summed E-state index contributed by atoms with van der Waals surface area (Å²) in [5, 5.41) is 14.4. The predicted molar refractivity (Wildman–Crippen MR) is 58.2 cm³/mol. The fourth-order valence-corrected chi connectivity index (χ4v) is 1.34. The van der Waals surface area contributed by atoms with Gasteiger partial charge in [0, 0.05) is 12.2 Å². The van der Waals surface area contributed by atoms with Crippen LogP contribution in [0, 0.1) is 0 Å². The van der Waals surface area contributed by atoms with Gasteiger partial charge in [-0.1, -0.05) is 19.1 Å². The standard InChI is InChI=1S/C11H13N4O/c1-2-7-16-10-5-3-9(4-6-10)8-11-12-14-15-13-11/h3-6H,2,7-8H2,1H3/q-1. The molecule has 2 rings (SSSR count). The molecule has 0 atom stereocenters. The SMILES string of the molecule is CCCOc1ccc(Cc2nnn[n-]2)cc1. The van der Waals surface area contributed by atoms with Crippen molar-refractivity contribution in [3.63, 3.8) is 0 Å². The van der Waals surface area contributed by atoms with Crippen LogP contribution in [0.5, 0.6) is 5.75 Å². The second-order valence-electron chi connectivity index (χ2n) is 3.46. The van der Waals surface area contributed by atoms with Crippen LogP contribution in [0.4, 0.5) is 0 Å². The highest BCUT2D eigenvalue weighted by molar-refractivity contribution is 5.28. The molecule has 0 aliphatic rings. The fraction of sp³-hybridized carbons (Fsp3) is 0.364. The van der Waals surface area contributed by atoms with Gasteiger partial charge in [-0.15, -0.1) is 0 Å². The molecule has 1 aromatic carbocycles. The highest BCUT2D eigenvalue weighted by Gasteiger charge is 1.96. The molecule has 16 heavy (non-hydrogen) atoms. The van der Waals surface area contributed by atoms with Crippen molar-refractivity contribution in [1.82, 2.24) is 20.6 Å². The number of benzene rings is 1. The van der Waals surface area contributed by atoms with Gasteiger partial charge in [-0.3, -0.25) is 10.3 Å². The van der Waals surface area contributed by atoms with Gasteiger partial charge < -0.3 is 9.84 Å². The minimum absolute atomic E-state index is 0.641. The minimum atomic E-state index is 0.641. The highest BCUT2D eigenvalue weighted by Crippen LogP contribution is 2.13. The zero-order valence-electron chi connectivity index (χ0n) is 9.13. The Bertz CT molecular complexity index is 410. The van der Waals surface area contributed by atoms with Crippen molar-refractivity contribution in [3.05, 3.63) is 35.7 Å². The molecule has 1 heterocycles. The van der Waals surface area contributed by atoms with Gasteiger partial charge >= 0.3 is 0 Å². The van der Waals surface area contributed by atoms with Crippen molar-refractivity contribution in [2.75, 3.05) is 6.61 Å². The number of hydrogen-bond acceptors (Lipinski definition) is 4. The van der Waals surface area contributed by atoms with Gasteiger partial charge in [-0.2, -0.15) is 5.21 Å². The normalized spacial score (nSPS) is 10.3. The Hall–Kier alpha value is -1.91. The van der Waals surface area contributed by atoms with E-state index in [1.165, 1.54) is 0 Å². The molecule has 0 N–H and O–H groups in total. The predicted octanol–water partition coefficient (Wildman–Crippen LogP) is 1.21. The van der Waals surface area contributed by atoms with E-state index in [4.69, 9.17) is 4.74 Å². The Kier molecular flexibility index (Phi) is 3.48. The van der Waals surface area contributed by atoms with Crippen LogP contribution in [-0.2, 0) is 6.42 Å². The molecule has 0 radical (unpaired) electrons. The minimum Gasteiger partial charge on any atom is -0.494 e. The Morgan fingerprint density at radius 2 is 2.06 bits per heavy atom. The maximum atomic E-state index is 5.49. The van der Waals surface area contributed by atoms with Crippen LogP contribution in [0.15, 0.2) is 24.3 Å². The third-order valence-corrected chi connectivity index (χ3v) is 2.12. The van der Waals surface area contributed by atoms with Gasteiger partial charge in [0.05, 0.1) is 6.61 Å². The second kappa shape index (κ2) is 5.25.